The second kappa shape index (κ2) is 10.3. The summed E-state index contributed by atoms with van der Waals surface area (Å²) in [6.07, 6.45) is 4.08. The number of hydrogen-bond acceptors (Lipinski definition) is 9. The van der Waals surface area contributed by atoms with Gasteiger partial charge in [-0.1, -0.05) is 6.07 Å². The van der Waals surface area contributed by atoms with Crippen molar-refractivity contribution in [2.24, 2.45) is 0 Å². The molecule has 1 aliphatic rings. The van der Waals surface area contributed by atoms with Gasteiger partial charge in [0.1, 0.15) is 24.8 Å². The number of alkyl halides is 2. The van der Waals surface area contributed by atoms with Crippen LogP contribution in [0.3, 0.4) is 0 Å². The van der Waals surface area contributed by atoms with Gasteiger partial charge in [-0.05, 0) is 49.4 Å². The molecule has 40 heavy (non-hydrogen) atoms. The molecule has 0 bridgehead atoms. The number of methoxy groups -OCH3 is 1. The minimum absolute atomic E-state index is 0.180. The number of hydrogen-bond donors (Lipinski definition) is 1. The summed E-state index contributed by atoms with van der Waals surface area (Å²) in [5.74, 6) is -2.06. The van der Waals surface area contributed by atoms with Crippen molar-refractivity contribution in [2.45, 2.75) is 31.8 Å². The van der Waals surface area contributed by atoms with Gasteiger partial charge in [0.25, 0.3) is 5.92 Å². The van der Waals surface area contributed by atoms with E-state index in [2.05, 4.69) is 30.4 Å². The topological polar surface area (TPSA) is 103 Å². The third kappa shape index (κ3) is 4.97. The Kier molecular flexibility index (Phi) is 6.62. The molecule has 0 amide bonds. The predicted molar refractivity (Wildman–Crippen MR) is 146 cm³/mol. The maximum absolute atomic E-state index is 14.9. The number of ether oxygens (including phenoxy) is 2. The van der Waals surface area contributed by atoms with Gasteiger partial charge in [0.2, 0.25) is 0 Å². The number of piperidine rings is 1. The van der Waals surface area contributed by atoms with Gasteiger partial charge in [0.05, 0.1) is 30.3 Å². The molecule has 1 atom stereocenters. The van der Waals surface area contributed by atoms with Gasteiger partial charge < -0.3 is 19.7 Å². The quantitative estimate of drug-likeness (QED) is 0.317. The van der Waals surface area contributed by atoms with Crippen LogP contribution in [0.2, 0.25) is 0 Å². The van der Waals surface area contributed by atoms with Gasteiger partial charge in [-0.2, -0.15) is 5.10 Å². The monoisotopic (exact) mass is 546 g/mol. The zero-order valence-corrected chi connectivity index (χ0v) is 22.3. The Morgan fingerprint density at radius 3 is 2.75 bits per heavy atom. The molecule has 0 unspecified atom stereocenters. The van der Waals surface area contributed by atoms with Crippen molar-refractivity contribution in [1.29, 1.82) is 0 Å². The summed E-state index contributed by atoms with van der Waals surface area (Å²) in [6.45, 7) is 2.15. The fraction of sp³-hybridized carbons (Fsp3) is 0.321. The van der Waals surface area contributed by atoms with Gasteiger partial charge in [-0.15, -0.1) is 0 Å². The molecule has 0 saturated carbocycles. The first-order valence-electron chi connectivity index (χ1n) is 12.9. The lowest BCUT2D eigenvalue weighted by atomic mass is 10.0. The number of benzene rings is 2. The first-order valence-corrected chi connectivity index (χ1v) is 12.9. The predicted octanol–water partition coefficient (Wildman–Crippen LogP) is 4.44. The molecule has 206 valence electrons. The van der Waals surface area contributed by atoms with Crippen molar-refractivity contribution in [3.05, 3.63) is 72.2 Å². The maximum Gasteiger partial charge on any atom is 0.296 e. The fourth-order valence-electron chi connectivity index (χ4n) is 5.02. The average Bonchev–Trinajstić information content (AvgIpc) is 3.39. The molecule has 6 rings (SSSR count). The Hall–Kier alpha value is -4.45. The van der Waals surface area contributed by atoms with E-state index < -0.39 is 12.0 Å². The SMILES string of the molecule is COc1ccc2ncnc(Nc3ccc(Cc4cc5ncnn5cn4)c(C)c3)c2c1O[C@H]1CCN(C)CC1(F)F. The Morgan fingerprint density at radius 1 is 1.07 bits per heavy atom. The number of rotatable bonds is 7. The fourth-order valence-corrected chi connectivity index (χ4v) is 5.02. The van der Waals surface area contributed by atoms with E-state index >= 15 is 0 Å². The molecule has 1 N–H and O–H groups in total. The van der Waals surface area contributed by atoms with Gasteiger partial charge >= 0.3 is 0 Å². The van der Waals surface area contributed by atoms with E-state index in [4.69, 9.17) is 9.47 Å². The highest BCUT2D eigenvalue weighted by atomic mass is 19.3. The van der Waals surface area contributed by atoms with Crippen LogP contribution in [0.1, 0.15) is 23.2 Å². The molecular weight excluding hydrogens is 518 g/mol. The van der Waals surface area contributed by atoms with Crippen LogP contribution < -0.4 is 14.8 Å². The van der Waals surface area contributed by atoms with Crippen LogP contribution in [0.25, 0.3) is 16.6 Å². The van der Waals surface area contributed by atoms with E-state index in [1.54, 1.807) is 34.9 Å². The van der Waals surface area contributed by atoms with Crippen molar-refractivity contribution in [3.63, 3.8) is 0 Å². The van der Waals surface area contributed by atoms with Crippen molar-refractivity contribution < 1.29 is 18.3 Å². The molecule has 1 saturated heterocycles. The summed E-state index contributed by atoms with van der Waals surface area (Å²) in [5.41, 5.74) is 5.10. The molecule has 3 aromatic heterocycles. The summed E-state index contributed by atoms with van der Waals surface area (Å²) in [5, 5.41) is 7.90. The Labute approximate surface area is 229 Å². The van der Waals surface area contributed by atoms with E-state index in [0.717, 1.165) is 28.2 Å². The van der Waals surface area contributed by atoms with Crippen molar-refractivity contribution in [1.82, 2.24) is 34.4 Å². The second-order valence-electron chi connectivity index (χ2n) is 9.99. The Balaban J connectivity index is 1.31. The highest BCUT2D eigenvalue weighted by Crippen LogP contribution is 2.42. The third-order valence-electron chi connectivity index (χ3n) is 7.13. The molecule has 0 aliphatic carbocycles. The number of likely N-dealkylation sites (tertiary alicyclic amines) is 1. The first-order chi connectivity index (χ1) is 19.3. The lowest BCUT2D eigenvalue weighted by molar-refractivity contribution is -0.135. The first kappa shape index (κ1) is 25.8. The summed E-state index contributed by atoms with van der Waals surface area (Å²) < 4.78 is 43.0. The summed E-state index contributed by atoms with van der Waals surface area (Å²) in [7, 11) is 3.16. The molecule has 4 heterocycles. The molecule has 5 aromatic rings. The molecule has 1 fully saturated rings. The van der Waals surface area contributed by atoms with Gasteiger partial charge in [-0.25, -0.2) is 33.2 Å². The molecule has 10 nitrogen and oxygen atoms in total. The summed E-state index contributed by atoms with van der Waals surface area (Å²) in [6, 6.07) is 11.3. The number of fused-ring (bicyclic) bond motifs is 2. The molecule has 1 aliphatic heterocycles. The lowest BCUT2D eigenvalue weighted by Crippen LogP contribution is -2.52. The second-order valence-corrected chi connectivity index (χ2v) is 9.99. The number of aromatic nitrogens is 6. The smallest absolute Gasteiger partial charge is 0.296 e. The average molecular weight is 547 g/mol. The van der Waals surface area contributed by atoms with E-state index in [0.29, 0.717) is 35.4 Å². The van der Waals surface area contributed by atoms with E-state index in [1.807, 2.05) is 31.2 Å². The summed E-state index contributed by atoms with van der Waals surface area (Å²) in [4.78, 5) is 19.1. The number of aryl methyl sites for hydroxylation is 1. The normalized spacial score (nSPS) is 17.3. The molecule has 12 heteroatoms. The van der Waals surface area contributed by atoms with E-state index in [1.165, 1.54) is 19.8 Å². The molecular formula is C28H28F2N8O2. The van der Waals surface area contributed by atoms with Crippen LogP contribution in [0.15, 0.2) is 55.4 Å². The lowest BCUT2D eigenvalue weighted by Gasteiger charge is -2.36. The minimum atomic E-state index is -3.02. The van der Waals surface area contributed by atoms with Crippen molar-refractivity contribution in [2.75, 3.05) is 32.6 Å². The zero-order chi connectivity index (χ0) is 27.9. The number of nitrogens with one attached hydrogen (secondary N) is 1. The van der Waals surface area contributed by atoms with Crippen LogP contribution in [-0.4, -0.2) is 73.7 Å². The number of halogens is 2. The highest BCUT2D eigenvalue weighted by molar-refractivity contribution is 5.97. The van der Waals surface area contributed by atoms with Gasteiger partial charge in [0, 0.05) is 31.1 Å². The van der Waals surface area contributed by atoms with Crippen LogP contribution in [0.5, 0.6) is 11.5 Å². The molecule has 0 radical (unpaired) electrons. The van der Waals surface area contributed by atoms with E-state index in [-0.39, 0.29) is 18.7 Å². The van der Waals surface area contributed by atoms with Crippen LogP contribution in [0, 0.1) is 6.92 Å². The maximum atomic E-state index is 14.9. The Morgan fingerprint density at radius 2 is 1.95 bits per heavy atom. The third-order valence-corrected chi connectivity index (χ3v) is 7.13. The zero-order valence-electron chi connectivity index (χ0n) is 22.3. The molecule has 2 aromatic carbocycles. The van der Waals surface area contributed by atoms with Gasteiger partial charge in [-0.3, -0.25) is 0 Å². The highest BCUT2D eigenvalue weighted by Gasteiger charge is 2.46. The van der Waals surface area contributed by atoms with Crippen LogP contribution in [-0.2, 0) is 6.42 Å². The van der Waals surface area contributed by atoms with Gasteiger partial charge in [0.15, 0.2) is 23.3 Å². The number of nitrogens with zero attached hydrogens (tertiary/aromatic N) is 7. The van der Waals surface area contributed by atoms with E-state index in [9.17, 15) is 8.78 Å². The largest absolute Gasteiger partial charge is 0.493 e. The molecule has 0 spiro atoms. The van der Waals surface area contributed by atoms with Crippen LogP contribution >= 0.6 is 0 Å². The Bertz CT molecular complexity index is 1690. The standard InChI is InChI=1S/C28H28F2N8O2/c1-17-10-19(5-4-18(17)11-20-12-24-32-15-35-38(24)16-34-20)36-27-25-21(31-14-33-27)6-7-22(39-3)26(25)40-23-8-9-37(2)13-28(23,29)30/h4-7,10,12,14-16,23H,8-9,11,13H2,1-3H3,(H,31,33,36)/t23-/m0/s1. The minimum Gasteiger partial charge on any atom is -0.493 e. The summed E-state index contributed by atoms with van der Waals surface area (Å²) >= 11 is 0. The van der Waals surface area contributed by atoms with Crippen LogP contribution in [0.4, 0.5) is 20.3 Å². The van der Waals surface area contributed by atoms with Crippen molar-refractivity contribution >= 4 is 28.1 Å². The number of anilines is 2. The van der Waals surface area contributed by atoms with Crippen molar-refractivity contribution in [3.8, 4) is 11.5 Å².